The minimum atomic E-state index is -2.49. The van der Waals surface area contributed by atoms with Gasteiger partial charge in [-0.2, -0.15) is 0 Å². The summed E-state index contributed by atoms with van der Waals surface area (Å²) in [6.45, 7) is 3.62. The molecule has 0 aliphatic heterocycles. The van der Waals surface area contributed by atoms with E-state index in [1.54, 1.807) is 19.5 Å². The zero-order chi connectivity index (χ0) is 18.9. The van der Waals surface area contributed by atoms with E-state index in [2.05, 4.69) is 20.3 Å². The Morgan fingerprint density at radius 3 is 2.81 bits per heavy atom. The van der Waals surface area contributed by atoms with E-state index in [-0.39, 0.29) is 24.7 Å². The van der Waals surface area contributed by atoms with E-state index in [0.717, 1.165) is 16.2 Å². The normalized spacial score (nSPS) is 11.7. The maximum Gasteiger partial charge on any atom is 0.252 e. The van der Waals surface area contributed by atoms with Gasteiger partial charge >= 0.3 is 0 Å². The molecule has 0 unspecified atom stereocenters. The maximum atomic E-state index is 12.6. The minimum absolute atomic E-state index is 0.0744. The van der Waals surface area contributed by atoms with Crippen LogP contribution in [-0.4, -0.2) is 52.4 Å². The molecule has 3 aromatic rings. The predicted octanol–water partition coefficient (Wildman–Crippen LogP) is 1.38. The number of carbonyl (C=O) groups excluding carboxylic acids is 1. The number of primary amides is 1. The number of hydrogen-bond acceptors (Lipinski definition) is 6. The Hall–Kier alpha value is -2.70. The van der Waals surface area contributed by atoms with Crippen LogP contribution in [0.2, 0.25) is 0 Å². The highest BCUT2D eigenvalue weighted by Crippen LogP contribution is 2.39. The molecule has 3 rings (SSSR count). The molecule has 1 aromatic carbocycles. The van der Waals surface area contributed by atoms with Gasteiger partial charge in [0.05, 0.1) is 23.4 Å². The molecule has 136 valence electrons. The van der Waals surface area contributed by atoms with E-state index in [9.17, 15) is 9.36 Å². The lowest BCUT2D eigenvalue weighted by molar-refractivity contribution is 0.100. The van der Waals surface area contributed by atoms with Crippen LogP contribution in [-0.2, 0) is 4.57 Å². The number of benzene rings is 1. The van der Waals surface area contributed by atoms with Crippen LogP contribution in [0.4, 0.5) is 5.95 Å². The third kappa shape index (κ3) is 3.34. The Kier molecular flexibility index (Phi) is 4.80. The van der Waals surface area contributed by atoms with Gasteiger partial charge in [-0.3, -0.25) is 4.79 Å². The number of rotatable bonds is 6. The first-order chi connectivity index (χ1) is 12.3. The first-order valence-corrected chi connectivity index (χ1v) is 10.6. The van der Waals surface area contributed by atoms with Gasteiger partial charge in [-0.25, -0.2) is 9.97 Å². The molecule has 0 saturated carbocycles. The third-order valence-corrected chi connectivity index (χ3v) is 5.51. The van der Waals surface area contributed by atoms with Gasteiger partial charge in [0.15, 0.2) is 0 Å². The number of aromatic amines is 1. The quantitative estimate of drug-likeness (QED) is 0.482. The summed E-state index contributed by atoms with van der Waals surface area (Å²) >= 11 is 0. The van der Waals surface area contributed by atoms with Crippen LogP contribution in [0.15, 0.2) is 30.6 Å². The summed E-state index contributed by atoms with van der Waals surface area (Å²) < 4.78 is 12.6. The molecule has 0 bridgehead atoms. The molecule has 2 heterocycles. The molecule has 9 heteroatoms. The van der Waals surface area contributed by atoms with Crippen molar-refractivity contribution < 1.29 is 14.5 Å². The lowest BCUT2D eigenvalue weighted by Gasteiger charge is -2.10. The number of anilines is 1. The number of nitrogens with one attached hydrogen (secondary N) is 2. The number of hydrogen-bond donors (Lipinski definition) is 4. The fraction of sp³-hybridized carbons (Fsp3) is 0.235. The number of amides is 1. The number of para-hydroxylation sites is 1. The molecule has 26 heavy (non-hydrogen) atoms. The number of fused-ring (bicyclic) bond motifs is 1. The van der Waals surface area contributed by atoms with E-state index >= 15 is 0 Å². The zero-order valence-corrected chi connectivity index (χ0v) is 15.4. The predicted molar refractivity (Wildman–Crippen MR) is 103 cm³/mol. The van der Waals surface area contributed by atoms with Crippen LogP contribution in [0.25, 0.3) is 22.2 Å². The highest BCUT2D eigenvalue weighted by atomic mass is 31.2. The van der Waals surface area contributed by atoms with Crippen molar-refractivity contribution in [1.29, 1.82) is 0 Å². The molecule has 5 N–H and O–H groups in total. The topological polar surface area (TPSA) is 134 Å². The van der Waals surface area contributed by atoms with Crippen molar-refractivity contribution in [2.24, 2.45) is 5.73 Å². The number of aromatic nitrogens is 3. The molecule has 0 aliphatic carbocycles. The molecule has 0 fully saturated rings. The summed E-state index contributed by atoms with van der Waals surface area (Å²) in [7, 11) is -2.49. The summed E-state index contributed by atoms with van der Waals surface area (Å²) in [6.07, 6.45) is 3.08. The number of nitrogens with zero attached hydrogens (tertiary/aromatic N) is 2. The lowest BCUT2D eigenvalue weighted by Crippen LogP contribution is -2.16. The van der Waals surface area contributed by atoms with Crippen molar-refractivity contribution in [3.8, 4) is 11.3 Å². The maximum absolute atomic E-state index is 12.6. The van der Waals surface area contributed by atoms with Crippen LogP contribution < -0.4 is 16.4 Å². The van der Waals surface area contributed by atoms with Gasteiger partial charge in [0, 0.05) is 35.2 Å². The number of H-pyrrole nitrogens is 1. The van der Waals surface area contributed by atoms with E-state index in [1.807, 2.05) is 18.2 Å². The van der Waals surface area contributed by atoms with Crippen molar-refractivity contribution >= 4 is 35.2 Å². The van der Waals surface area contributed by atoms with Crippen LogP contribution >= 0.6 is 7.14 Å². The number of nitrogens with two attached hydrogens (primary N) is 1. The molecular weight excluding hydrogens is 353 g/mol. The average molecular weight is 373 g/mol. The Morgan fingerprint density at radius 1 is 1.38 bits per heavy atom. The number of aliphatic hydroxyl groups excluding tert-OH is 1. The largest absolute Gasteiger partial charge is 0.395 e. The minimum Gasteiger partial charge on any atom is -0.395 e. The zero-order valence-electron chi connectivity index (χ0n) is 14.5. The summed E-state index contributed by atoms with van der Waals surface area (Å²) in [5.74, 6) is -0.364. The van der Waals surface area contributed by atoms with Gasteiger partial charge in [-0.15, -0.1) is 0 Å². The fourth-order valence-electron chi connectivity index (χ4n) is 2.80. The second-order valence-electron chi connectivity index (χ2n) is 6.22. The van der Waals surface area contributed by atoms with E-state index in [0.29, 0.717) is 11.3 Å². The van der Waals surface area contributed by atoms with Crippen LogP contribution in [0, 0.1) is 0 Å². The average Bonchev–Trinajstić information content (AvgIpc) is 3.02. The first kappa shape index (κ1) is 18.1. The van der Waals surface area contributed by atoms with Crippen molar-refractivity contribution in [3.63, 3.8) is 0 Å². The second-order valence-corrected chi connectivity index (χ2v) is 9.41. The van der Waals surface area contributed by atoms with E-state index in [4.69, 9.17) is 10.8 Å². The van der Waals surface area contributed by atoms with Gasteiger partial charge in [0.2, 0.25) is 5.95 Å². The fourth-order valence-corrected chi connectivity index (χ4v) is 3.97. The highest BCUT2D eigenvalue weighted by Gasteiger charge is 2.21. The second kappa shape index (κ2) is 6.90. The van der Waals surface area contributed by atoms with Gasteiger partial charge in [0.1, 0.15) is 7.14 Å². The van der Waals surface area contributed by atoms with Crippen molar-refractivity contribution in [1.82, 2.24) is 15.0 Å². The van der Waals surface area contributed by atoms with Crippen molar-refractivity contribution in [2.45, 2.75) is 0 Å². The summed E-state index contributed by atoms with van der Waals surface area (Å²) in [5, 5.41) is 13.3. The van der Waals surface area contributed by atoms with Gasteiger partial charge in [-0.1, -0.05) is 12.1 Å². The first-order valence-electron chi connectivity index (χ1n) is 8.00. The van der Waals surface area contributed by atoms with Crippen LogP contribution in [0.1, 0.15) is 10.4 Å². The van der Waals surface area contributed by atoms with E-state index in [1.165, 1.54) is 6.20 Å². The molecule has 1 amide bonds. The Bertz CT molecular complexity index is 1020. The molecule has 8 nitrogen and oxygen atoms in total. The molecule has 0 spiro atoms. The molecule has 0 aliphatic rings. The summed E-state index contributed by atoms with van der Waals surface area (Å²) in [4.78, 5) is 23.4. The van der Waals surface area contributed by atoms with Gasteiger partial charge in [-0.05, 0) is 19.4 Å². The third-order valence-electron chi connectivity index (χ3n) is 3.98. The molecule has 0 saturated heterocycles. The smallest absolute Gasteiger partial charge is 0.252 e. The van der Waals surface area contributed by atoms with Gasteiger partial charge in [0.25, 0.3) is 5.91 Å². The monoisotopic (exact) mass is 373 g/mol. The van der Waals surface area contributed by atoms with Gasteiger partial charge < -0.3 is 25.7 Å². The van der Waals surface area contributed by atoms with Crippen molar-refractivity contribution in [2.75, 3.05) is 31.8 Å². The molecular formula is C17H20N5O3P. The molecule has 2 aromatic heterocycles. The SMILES string of the molecule is CP(C)(=O)c1cccc2c(-c3nc(NCCO)ncc3C(N)=O)c[nH]c12. The Balaban J connectivity index is 2.23. The molecule has 0 atom stereocenters. The number of carbonyl (C=O) groups is 1. The summed E-state index contributed by atoms with van der Waals surface area (Å²) in [6, 6.07) is 5.52. The standard InChI is InChI=1S/C17H20N5O3P/c1-26(2,25)13-5-3-4-10-11(8-20-15(10)13)14-12(16(18)24)9-21-17(22-14)19-6-7-23/h3-5,8-9,20,23H,6-7H2,1-2H3,(H2,18,24)(H,19,21,22). The summed E-state index contributed by atoms with van der Waals surface area (Å²) in [5.41, 5.74) is 7.45. The van der Waals surface area contributed by atoms with Crippen LogP contribution in [0.3, 0.4) is 0 Å². The lowest BCUT2D eigenvalue weighted by atomic mass is 10.1. The van der Waals surface area contributed by atoms with E-state index < -0.39 is 13.0 Å². The number of aliphatic hydroxyl groups is 1. The molecule has 0 radical (unpaired) electrons. The highest BCUT2D eigenvalue weighted by molar-refractivity contribution is 7.70. The van der Waals surface area contributed by atoms with Crippen LogP contribution in [0.5, 0.6) is 0 Å². The van der Waals surface area contributed by atoms with Crippen molar-refractivity contribution in [3.05, 3.63) is 36.2 Å². The Morgan fingerprint density at radius 2 is 2.15 bits per heavy atom. The Labute approximate surface area is 150 Å².